The first-order valence-corrected chi connectivity index (χ1v) is 10.3. The van der Waals surface area contributed by atoms with Gasteiger partial charge in [-0.3, -0.25) is 0 Å². The van der Waals surface area contributed by atoms with Gasteiger partial charge in [-0.15, -0.1) is 10.2 Å². The van der Waals surface area contributed by atoms with Gasteiger partial charge >= 0.3 is 0 Å². The van der Waals surface area contributed by atoms with Crippen LogP contribution in [0.3, 0.4) is 0 Å². The Morgan fingerprint density at radius 1 is 0.818 bits per heavy atom. The summed E-state index contributed by atoms with van der Waals surface area (Å²) < 4.78 is 16.7. The zero-order chi connectivity index (χ0) is 22.8. The SMILES string of the molecule is COc1ccc(Nc2nc(-c3nnc(-c4ccc(C)cc4)o3)nc3ccccc23)c(OC)c1. The maximum absolute atomic E-state index is 5.91. The number of aromatic nitrogens is 4. The molecular formula is C25H21N5O3. The van der Waals surface area contributed by atoms with Crippen molar-refractivity contribution in [1.82, 2.24) is 20.2 Å². The van der Waals surface area contributed by atoms with Gasteiger partial charge in [0.15, 0.2) is 0 Å². The number of aryl methyl sites for hydroxylation is 1. The van der Waals surface area contributed by atoms with E-state index in [4.69, 9.17) is 18.9 Å². The number of ether oxygens (including phenoxy) is 2. The van der Waals surface area contributed by atoms with Crippen LogP contribution in [0, 0.1) is 6.92 Å². The molecule has 0 atom stereocenters. The summed E-state index contributed by atoms with van der Waals surface area (Å²) in [6.07, 6.45) is 0. The van der Waals surface area contributed by atoms with E-state index >= 15 is 0 Å². The van der Waals surface area contributed by atoms with E-state index in [1.807, 2.05) is 67.6 Å². The minimum atomic E-state index is 0.237. The third-order valence-electron chi connectivity index (χ3n) is 5.18. The Balaban J connectivity index is 1.57. The summed E-state index contributed by atoms with van der Waals surface area (Å²) in [5, 5.41) is 12.6. The molecule has 0 amide bonds. The predicted molar refractivity (Wildman–Crippen MR) is 126 cm³/mol. The quantitative estimate of drug-likeness (QED) is 0.375. The van der Waals surface area contributed by atoms with Crippen molar-refractivity contribution in [3.8, 4) is 34.7 Å². The Labute approximate surface area is 190 Å². The average Bonchev–Trinajstić information content (AvgIpc) is 3.35. The molecule has 0 fully saturated rings. The van der Waals surface area contributed by atoms with Crippen LogP contribution in [0.15, 0.2) is 71.1 Å². The van der Waals surface area contributed by atoms with Gasteiger partial charge < -0.3 is 19.2 Å². The summed E-state index contributed by atoms with van der Waals surface area (Å²) in [4.78, 5) is 9.34. The van der Waals surface area contributed by atoms with Crippen LogP contribution in [0.5, 0.6) is 11.5 Å². The lowest BCUT2D eigenvalue weighted by Crippen LogP contribution is -2.01. The van der Waals surface area contributed by atoms with E-state index in [9.17, 15) is 0 Å². The van der Waals surface area contributed by atoms with E-state index in [0.717, 1.165) is 27.7 Å². The molecule has 0 aliphatic heterocycles. The second kappa shape index (κ2) is 8.58. The molecule has 0 saturated heterocycles. The van der Waals surface area contributed by atoms with Crippen molar-refractivity contribution in [2.24, 2.45) is 0 Å². The fraction of sp³-hybridized carbons (Fsp3) is 0.120. The Morgan fingerprint density at radius 2 is 1.61 bits per heavy atom. The molecule has 1 N–H and O–H groups in total. The van der Waals surface area contributed by atoms with Crippen LogP contribution < -0.4 is 14.8 Å². The zero-order valence-electron chi connectivity index (χ0n) is 18.4. The average molecular weight is 439 g/mol. The van der Waals surface area contributed by atoms with Gasteiger partial charge in [0.05, 0.1) is 25.4 Å². The smallest absolute Gasteiger partial charge is 0.286 e. The molecule has 0 bridgehead atoms. The van der Waals surface area contributed by atoms with Crippen molar-refractivity contribution in [2.75, 3.05) is 19.5 Å². The number of nitrogens with one attached hydrogen (secondary N) is 1. The number of hydrogen-bond acceptors (Lipinski definition) is 8. The summed E-state index contributed by atoms with van der Waals surface area (Å²) in [6.45, 7) is 2.03. The Kier molecular flexibility index (Phi) is 5.32. The van der Waals surface area contributed by atoms with Crippen molar-refractivity contribution < 1.29 is 13.9 Å². The molecule has 8 nitrogen and oxygen atoms in total. The van der Waals surface area contributed by atoms with E-state index in [1.54, 1.807) is 20.3 Å². The van der Waals surface area contributed by atoms with E-state index in [1.165, 1.54) is 0 Å². The number of fused-ring (bicyclic) bond motifs is 1. The highest BCUT2D eigenvalue weighted by Crippen LogP contribution is 2.34. The highest BCUT2D eigenvalue weighted by molar-refractivity contribution is 5.92. The fourth-order valence-electron chi connectivity index (χ4n) is 3.42. The van der Waals surface area contributed by atoms with Crippen LogP contribution >= 0.6 is 0 Å². The Morgan fingerprint density at radius 3 is 2.39 bits per heavy atom. The summed E-state index contributed by atoms with van der Waals surface area (Å²) >= 11 is 0. The van der Waals surface area contributed by atoms with Crippen LogP contribution in [-0.4, -0.2) is 34.4 Å². The van der Waals surface area contributed by atoms with Crippen LogP contribution in [0.2, 0.25) is 0 Å². The topological polar surface area (TPSA) is 95.2 Å². The minimum Gasteiger partial charge on any atom is -0.497 e. The lowest BCUT2D eigenvalue weighted by Gasteiger charge is -2.13. The predicted octanol–water partition coefficient (Wildman–Crippen LogP) is 5.42. The third kappa shape index (κ3) is 4.06. The molecule has 33 heavy (non-hydrogen) atoms. The minimum absolute atomic E-state index is 0.237. The second-order valence-electron chi connectivity index (χ2n) is 7.38. The lowest BCUT2D eigenvalue weighted by atomic mass is 10.1. The van der Waals surface area contributed by atoms with Gasteiger partial charge in [0.1, 0.15) is 17.3 Å². The molecule has 0 aliphatic rings. The van der Waals surface area contributed by atoms with E-state index < -0.39 is 0 Å². The zero-order valence-corrected chi connectivity index (χ0v) is 18.4. The number of anilines is 2. The first-order chi connectivity index (χ1) is 16.1. The van der Waals surface area contributed by atoms with E-state index in [-0.39, 0.29) is 5.89 Å². The van der Waals surface area contributed by atoms with Gasteiger partial charge in [0.25, 0.3) is 5.89 Å². The third-order valence-corrected chi connectivity index (χ3v) is 5.18. The molecule has 5 rings (SSSR count). The first kappa shape index (κ1) is 20.4. The highest BCUT2D eigenvalue weighted by atomic mass is 16.5. The van der Waals surface area contributed by atoms with E-state index in [2.05, 4.69) is 20.5 Å². The van der Waals surface area contributed by atoms with E-state index in [0.29, 0.717) is 29.0 Å². The lowest BCUT2D eigenvalue weighted by molar-refractivity contribution is 0.395. The maximum Gasteiger partial charge on any atom is 0.286 e. The normalized spacial score (nSPS) is 10.9. The van der Waals surface area contributed by atoms with Gasteiger partial charge in [-0.2, -0.15) is 0 Å². The van der Waals surface area contributed by atoms with Gasteiger partial charge in [-0.25, -0.2) is 9.97 Å². The number of nitrogens with zero attached hydrogens (tertiary/aromatic N) is 4. The molecule has 0 unspecified atom stereocenters. The second-order valence-corrected chi connectivity index (χ2v) is 7.38. The summed E-state index contributed by atoms with van der Waals surface area (Å²) in [5.74, 6) is 2.89. The molecule has 8 heteroatoms. The molecule has 0 aliphatic carbocycles. The Hall–Kier alpha value is -4.46. The van der Waals surface area contributed by atoms with Crippen molar-refractivity contribution in [2.45, 2.75) is 6.92 Å². The first-order valence-electron chi connectivity index (χ1n) is 10.3. The molecule has 0 radical (unpaired) electrons. The molecule has 164 valence electrons. The van der Waals surface area contributed by atoms with Gasteiger partial charge in [0, 0.05) is 17.0 Å². The van der Waals surface area contributed by atoms with Crippen molar-refractivity contribution in [3.63, 3.8) is 0 Å². The number of benzene rings is 3. The van der Waals surface area contributed by atoms with Gasteiger partial charge in [-0.1, -0.05) is 29.8 Å². The monoisotopic (exact) mass is 439 g/mol. The molecular weight excluding hydrogens is 418 g/mol. The van der Waals surface area contributed by atoms with Gasteiger partial charge in [0.2, 0.25) is 11.7 Å². The summed E-state index contributed by atoms with van der Waals surface area (Å²) in [6, 6.07) is 21.1. The Bertz CT molecular complexity index is 1430. The molecule has 5 aromatic rings. The van der Waals surface area contributed by atoms with Gasteiger partial charge in [-0.05, 0) is 43.3 Å². The van der Waals surface area contributed by atoms with Crippen molar-refractivity contribution in [1.29, 1.82) is 0 Å². The summed E-state index contributed by atoms with van der Waals surface area (Å²) in [7, 11) is 3.22. The number of methoxy groups -OCH3 is 2. The highest BCUT2D eigenvalue weighted by Gasteiger charge is 2.17. The van der Waals surface area contributed by atoms with Crippen molar-refractivity contribution in [3.05, 3.63) is 72.3 Å². The van der Waals surface area contributed by atoms with Crippen LogP contribution in [0.4, 0.5) is 11.5 Å². The number of para-hydroxylation sites is 1. The summed E-state index contributed by atoms with van der Waals surface area (Å²) in [5.41, 5.74) is 3.47. The molecule has 2 aromatic heterocycles. The fourth-order valence-corrected chi connectivity index (χ4v) is 3.42. The van der Waals surface area contributed by atoms with Crippen LogP contribution in [-0.2, 0) is 0 Å². The molecule has 0 spiro atoms. The molecule has 2 heterocycles. The maximum atomic E-state index is 5.91. The number of rotatable bonds is 6. The number of hydrogen-bond donors (Lipinski definition) is 1. The largest absolute Gasteiger partial charge is 0.497 e. The van der Waals surface area contributed by atoms with Crippen LogP contribution in [0.25, 0.3) is 34.1 Å². The molecule has 0 saturated carbocycles. The van der Waals surface area contributed by atoms with Crippen molar-refractivity contribution >= 4 is 22.4 Å². The standard InChI is InChI=1S/C25H21N5O3/c1-15-8-10-16(11-9-15)24-29-30-25(33-24)23-26-19-7-5-4-6-18(19)22(28-23)27-20-13-12-17(31-2)14-21(20)32-3/h4-14H,1-3H3,(H,26,27,28). The molecule has 3 aromatic carbocycles. The van der Waals surface area contributed by atoms with Crippen LogP contribution in [0.1, 0.15) is 5.56 Å².